The SMILES string of the molecule is Cc1cc(C)c2c(c1)C(NC(=O)CCc1nc(-c3ccncc3)no1)CCO2. The van der Waals surface area contributed by atoms with Crippen molar-refractivity contribution in [2.75, 3.05) is 6.61 Å². The molecule has 0 spiro atoms. The van der Waals surface area contributed by atoms with Crippen LogP contribution in [0.1, 0.15) is 41.5 Å². The number of aromatic nitrogens is 3. The smallest absolute Gasteiger partial charge is 0.227 e. The lowest BCUT2D eigenvalue weighted by molar-refractivity contribution is -0.122. The minimum atomic E-state index is -0.0410. The number of aryl methyl sites for hydroxylation is 3. The van der Waals surface area contributed by atoms with E-state index in [2.05, 4.69) is 39.5 Å². The van der Waals surface area contributed by atoms with Crippen molar-refractivity contribution in [3.05, 3.63) is 59.2 Å². The Labute approximate surface area is 163 Å². The summed E-state index contributed by atoms with van der Waals surface area (Å²) in [5, 5.41) is 7.09. The molecule has 0 bridgehead atoms. The summed E-state index contributed by atoms with van der Waals surface area (Å²) in [6, 6.07) is 7.77. The van der Waals surface area contributed by atoms with Gasteiger partial charge in [-0.15, -0.1) is 0 Å². The number of pyridine rings is 1. The van der Waals surface area contributed by atoms with Gasteiger partial charge in [0.1, 0.15) is 5.75 Å². The number of carbonyl (C=O) groups is 1. The van der Waals surface area contributed by atoms with Gasteiger partial charge in [-0.3, -0.25) is 9.78 Å². The van der Waals surface area contributed by atoms with E-state index in [4.69, 9.17) is 9.26 Å². The molecule has 3 heterocycles. The number of amides is 1. The number of hydrogen-bond donors (Lipinski definition) is 1. The number of carbonyl (C=O) groups excluding carboxylic acids is 1. The van der Waals surface area contributed by atoms with Crippen LogP contribution in [0.3, 0.4) is 0 Å². The van der Waals surface area contributed by atoms with Crippen molar-refractivity contribution < 1.29 is 14.1 Å². The zero-order chi connectivity index (χ0) is 19.5. The molecule has 0 aliphatic carbocycles. The second kappa shape index (κ2) is 7.80. The monoisotopic (exact) mass is 378 g/mol. The standard InChI is InChI=1S/C21H22N4O3/c1-13-11-14(2)20-16(12-13)17(7-10-27-20)23-18(26)3-4-19-24-21(25-28-19)15-5-8-22-9-6-15/h5-6,8-9,11-12,17H,3-4,7,10H2,1-2H3,(H,23,26). The Kier molecular flexibility index (Phi) is 5.06. The molecule has 1 unspecified atom stereocenters. The lowest BCUT2D eigenvalue weighted by Crippen LogP contribution is -2.32. The van der Waals surface area contributed by atoms with Crippen molar-refractivity contribution in [2.24, 2.45) is 0 Å². The summed E-state index contributed by atoms with van der Waals surface area (Å²) < 4.78 is 11.1. The fourth-order valence-electron chi connectivity index (χ4n) is 3.49. The Hall–Kier alpha value is -3.22. The van der Waals surface area contributed by atoms with Gasteiger partial charge < -0.3 is 14.6 Å². The van der Waals surface area contributed by atoms with Gasteiger partial charge in [-0.1, -0.05) is 22.9 Å². The normalized spacial score (nSPS) is 15.6. The molecule has 1 aliphatic heterocycles. The quantitative estimate of drug-likeness (QED) is 0.732. The molecule has 0 saturated carbocycles. The maximum Gasteiger partial charge on any atom is 0.227 e. The lowest BCUT2D eigenvalue weighted by Gasteiger charge is -2.28. The van der Waals surface area contributed by atoms with Gasteiger partial charge in [0, 0.05) is 42.8 Å². The summed E-state index contributed by atoms with van der Waals surface area (Å²) in [7, 11) is 0. The molecule has 1 aromatic carbocycles. The molecule has 0 radical (unpaired) electrons. The molecule has 144 valence electrons. The van der Waals surface area contributed by atoms with Gasteiger partial charge in [-0.25, -0.2) is 0 Å². The molecule has 2 aromatic heterocycles. The molecule has 1 aliphatic rings. The fourth-order valence-corrected chi connectivity index (χ4v) is 3.49. The molecule has 28 heavy (non-hydrogen) atoms. The predicted octanol–water partition coefficient (Wildman–Crippen LogP) is 3.32. The van der Waals surface area contributed by atoms with E-state index in [0.717, 1.165) is 34.4 Å². The van der Waals surface area contributed by atoms with Gasteiger partial charge in [0.15, 0.2) is 0 Å². The highest BCUT2D eigenvalue weighted by atomic mass is 16.5. The number of nitrogens with one attached hydrogen (secondary N) is 1. The second-order valence-corrected chi connectivity index (χ2v) is 7.01. The number of fused-ring (bicyclic) bond motifs is 1. The average Bonchev–Trinajstić information content (AvgIpc) is 3.17. The van der Waals surface area contributed by atoms with Crippen LogP contribution in [0.2, 0.25) is 0 Å². The average molecular weight is 378 g/mol. The molecule has 0 fully saturated rings. The van der Waals surface area contributed by atoms with E-state index in [1.165, 1.54) is 0 Å². The first-order chi connectivity index (χ1) is 13.6. The zero-order valence-electron chi connectivity index (χ0n) is 15.9. The highest BCUT2D eigenvalue weighted by Crippen LogP contribution is 2.35. The van der Waals surface area contributed by atoms with Crippen molar-refractivity contribution in [1.82, 2.24) is 20.4 Å². The highest BCUT2D eigenvalue weighted by molar-refractivity contribution is 5.77. The number of ether oxygens (including phenoxy) is 1. The van der Waals surface area contributed by atoms with Crippen LogP contribution < -0.4 is 10.1 Å². The van der Waals surface area contributed by atoms with Crippen molar-refractivity contribution in [1.29, 1.82) is 0 Å². The fraction of sp³-hybridized carbons (Fsp3) is 0.333. The van der Waals surface area contributed by atoms with Gasteiger partial charge in [-0.05, 0) is 31.5 Å². The van der Waals surface area contributed by atoms with Gasteiger partial charge in [0.25, 0.3) is 0 Å². The first-order valence-corrected chi connectivity index (χ1v) is 9.36. The maximum atomic E-state index is 12.5. The molecular formula is C21H22N4O3. The summed E-state index contributed by atoms with van der Waals surface area (Å²) in [5.74, 6) is 1.80. The van der Waals surface area contributed by atoms with E-state index in [9.17, 15) is 4.79 Å². The topological polar surface area (TPSA) is 90.1 Å². The highest BCUT2D eigenvalue weighted by Gasteiger charge is 2.24. The first-order valence-electron chi connectivity index (χ1n) is 9.36. The number of hydrogen-bond acceptors (Lipinski definition) is 6. The third-order valence-electron chi connectivity index (χ3n) is 4.78. The van der Waals surface area contributed by atoms with Crippen LogP contribution in [0.4, 0.5) is 0 Å². The molecule has 1 amide bonds. The Bertz CT molecular complexity index is 985. The molecule has 3 aromatic rings. The Morgan fingerprint density at radius 3 is 2.89 bits per heavy atom. The van der Waals surface area contributed by atoms with Crippen LogP contribution in [0.25, 0.3) is 11.4 Å². The predicted molar refractivity (Wildman–Crippen MR) is 103 cm³/mol. The van der Waals surface area contributed by atoms with Crippen molar-refractivity contribution in [3.63, 3.8) is 0 Å². The van der Waals surface area contributed by atoms with E-state index < -0.39 is 0 Å². The van der Waals surface area contributed by atoms with E-state index in [-0.39, 0.29) is 18.4 Å². The molecule has 1 N–H and O–H groups in total. The van der Waals surface area contributed by atoms with Crippen LogP contribution in [0.5, 0.6) is 5.75 Å². The third kappa shape index (κ3) is 3.88. The van der Waals surface area contributed by atoms with Gasteiger partial charge in [-0.2, -0.15) is 4.98 Å². The summed E-state index contributed by atoms with van der Waals surface area (Å²) in [6.45, 7) is 4.68. The van der Waals surface area contributed by atoms with Crippen molar-refractivity contribution in [3.8, 4) is 17.1 Å². The molecule has 1 atom stereocenters. The van der Waals surface area contributed by atoms with E-state index in [0.29, 0.717) is 24.7 Å². The zero-order valence-corrected chi connectivity index (χ0v) is 15.9. The summed E-state index contributed by atoms with van der Waals surface area (Å²) in [6.07, 6.45) is 4.79. The van der Waals surface area contributed by atoms with E-state index in [1.807, 2.05) is 19.1 Å². The number of rotatable bonds is 5. The van der Waals surface area contributed by atoms with Crippen LogP contribution in [-0.4, -0.2) is 27.6 Å². The molecular weight excluding hydrogens is 356 g/mol. The molecule has 7 nitrogen and oxygen atoms in total. The molecule has 4 rings (SSSR count). The molecule has 7 heteroatoms. The van der Waals surface area contributed by atoms with Crippen LogP contribution in [0, 0.1) is 13.8 Å². The first kappa shape index (κ1) is 18.2. The van der Waals surface area contributed by atoms with Crippen LogP contribution in [0.15, 0.2) is 41.2 Å². The van der Waals surface area contributed by atoms with Crippen molar-refractivity contribution >= 4 is 5.91 Å². The van der Waals surface area contributed by atoms with Crippen LogP contribution >= 0.6 is 0 Å². The van der Waals surface area contributed by atoms with Gasteiger partial charge in [0.2, 0.25) is 17.6 Å². The Morgan fingerprint density at radius 2 is 2.07 bits per heavy atom. The van der Waals surface area contributed by atoms with Gasteiger partial charge >= 0.3 is 0 Å². The maximum absolute atomic E-state index is 12.5. The Morgan fingerprint density at radius 1 is 1.25 bits per heavy atom. The van der Waals surface area contributed by atoms with Gasteiger partial charge in [0.05, 0.1) is 12.6 Å². The molecule has 0 saturated heterocycles. The summed E-state index contributed by atoms with van der Waals surface area (Å²) >= 11 is 0. The largest absolute Gasteiger partial charge is 0.493 e. The lowest BCUT2D eigenvalue weighted by atomic mass is 9.95. The van der Waals surface area contributed by atoms with E-state index >= 15 is 0 Å². The minimum absolute atomic E-state index is 0.0371. The Balaban J connectivity index is 1.38. The van der Waals surface area contributed by atoms with Crippen LogP contribution in [-0.2, 0) is 11.2 Å². The minimum Gasteiger partial charge on any atom is -0.493 e. The number of nitrogens with zero attached hydrogens (tertiary/aromatic N) is 3. The summed E-state index contributed by atoms with van der Waals surface area (Å²) in [4.78, 5) is 20.8. The van der Waals surface area contributed by atoms with E-state index in [1.54, 1.807) is 12.4 Å². The van der Waals surface area contributed by atoms with Crippen molar-refractivity contribution in [2.45, 2.75) is 39.2 Å². The second-order valence-electron chi connectivity index (χ2n) is 7.01. The summed E-state index contributed by atoms with van der Waals surface area (Å²) in [5.41, 5.74) is 4.15. The third-order valence-corrected chi connectivity index (χ3v) is 4.78. The number of benzene rings is 1.